The van der Waals surface area contributed by atoms with Crippen molar-refractivity contribution < 1.29 is 8.94 Å². The smallest absolute Gasteiger partial charge is 0.228 e. The highest BCUT2D eigenvalue weighted by molar-refractivity contribution is 5.56. The van der Waals surface area contributed by atoms with Gasteiger partial charge in [0.2, 0.25) is 11.7 Å². The fourth-order valence-corrected chi connectivity index (χ4v) is 2.42. The van der Waals surface area contributed by atoms with Crippen LogP contribution in [0.4, 0.5) is 0 Å². The molecule has 19 heavy (non-hydrogen) atoms. The van der Waals surface area contributed by atoms with Crippen LogP contribution in [-0.4, -0.2) is 22.7 Å². The third-order valence-electron chi connectivity index (χ3n) is 3.62. The van der Waals surface area contributed by atoms with Crippen molar-refractivity contribution in [1.82, 2.24) is 15.5 Å². The summed E-state index contributed by atoms with van der Waals surface area (Å²) < 4.78 is 10.6. The Morgan fingerprint density at radius 2 is 2.32 bits per heavy atom. The minimum Gasteiger partial charge on any atom is -0.469 e. The van der Waals surface area contributed by atoms with Crippen molar-refractivity contribution in [1.29, 1.82) is 0 Å². The van der Waals surface area contributed by atoms with Crippen molar-refractivity contribution in [3.05, 3.63) is 24.0 Å². The van der Waals surface area contributed by atoms with E-state index in [0.29, 0.717) is 17.8 Å². The van der Waals surface area contributed by atoms with Crippen molar-refractivity contribution in [2.75, 3.05) is 6.54 Å². The predicted octanol–water partition coefficient (Wildman–Crippen LogP) is 2.57. The van der Waals surface area contributed by atoms with Crippen LogP contribution in [0.5, 0.6) is 0 Å². The maximum absolute atomic E-state index is 5.36. The lowest BCUT2D eigenvalue weighted by Crippen LogP contribution is -2.33. The Labute approximate surface area is 112 Å². The SMILES string of the molecule is CCNC(Cc1nc(-c2ccoc2C)no1)C1CC1. The Kier molecular flexibility index (Phi) is 3.38. The molecule has 0 amide bonds. The summed E-state index contributed by atoms with van der Waals surface area (Å²) in [6.07, 6.45) is 5.06. The quantitative estimate of drug-likeness (QED) is 0.865. The third-order valence-corrected chi connectivity index (χ3v) is 3.62. The van der Waals surface area contributed by atoms with Gasteiger partial charge in [0.25, 0.3) is 0 Å². The highest BCUT2D eigenvalue weighted by Crippen LogP contribution is 2.34. The summed E-state index contributed by atoms with van der Waals surface area (Å²) in [5.74, 6) is 2.91. The van der Waals surface area contributed by atoms with E-state index in [1.54, 1.807) is 6.26 Å². The number of aryl methyl sites for hydroxylation is 1. The Morgan fingerprint density at radius 1 is 1.47 bits per heavy atom. The van der Waals surface area contributed by atoms with Crippen LogP contribution in [0.15, 0.2) is 21.3 Å². The van der Waals surface area contributed by atoms with Crippen LogP contribution in [0.3, 0.4) is 0 Å². The fraction of sp³-hybridized carbons (Fsp3) is 0.571. The first-order valence-electron chi connectivity index (χ1n) is 6.88. The van der Waals surface area contributed by atoms with E-state index in [-0.39, 0.29) is 0 Å². The molecular weight excluding hydrogens is 242 g/mol. The Hall–Kier alpha value is -1.62. The van der Waals surface area contributed by atoms with Crippen LogP contribution >= 0.6 is 0 Å². The number of nitrogens with zero attached hydrogens (tertiary/aromatic N) is 2. The number of furan rings is 1. The zero-order valence-corrected chi connectivity index (χ0v) is 11.3. The van der Waals surface area contributed by atoms with Gasteiger partial charge in [-0.2, -0.15) is 4.98 Å². The molecule has 1 fully saturated rings. The average molecular weight is 261 g/mol. The standard InChI is InChI=1S/C14H19N3O2/c1-3-15-12(10-4-5-10)8-13-16-14(17-19-13)11-6-7-18-9(11)2/h6-7,10,12,15H,3-5,8H2,1-2H3. The lowest BCUT2D eigenvalue weighted by atomic mass is 10.1. The first kappa shape index (κ1) is 12.4. The van der Waals surface area contributed by atoms with E-state index in [0.717, 1.165) is 30.2 Å². The molecule has 102 valence electrons. The maximum Gasteiger partial charge on any atom is 0.228 e. The second-order valence-corrected chi connectivity index (χ2v) is 5.11. The minimum absolute atomic E-state index is 0.462. The lowest BCUT2D eigenvalue weighted by molar-refractivity contribution is 0.348. The van der Waals surface area contributed by atoms with Gasteiger partial charge in [-0.05, 0) is 38.3 Å². The maximum atomic E-state index is 5.36. The van der Waals surface area contributed by atoms with E-state index >= 15 is 0 Å². The largest absolute Gasteiger partial charge is 0.469 e. The fourth-order valence-electron chi connectivity index (χ4n) is 2.42. The normalized spacial score (nSPS) is 16.7. The Morgan fingerprint density at radius 3 is 2.95 bits per heavy atom. The van der Waals surface area contributed by atoms with Gasteiger partial charge in [-0.1, -0.05) is 12.1 Å². The van der Waals surface area contributed by atoms with Gasteiger partial charge in [0.05, 0.1) is 11.8 Å². The molecule has 2 aromatic rings. The van der Waals surface area contributed by atoms with Gasteiger partial charge >= 0.3 is 0 Å². The number of hydrogen-bond acceptors (Lipinski definition) is 5. The van der Waals surface area contributed by atoms with E-state index < -0.39 is 0 Å². The predicted molar refractivity (Wildman–Crippen MR) is 70.6 cm³/mol. The van der Waals surface area contributed by atoms with Crippen molar-refractivity contribution in [3.63, 3.8) is 0 Å². The molecule has 1 saturated carbocycles. The number of likely N-dealkylation sites (N-methyl/N-ethyl adjacent to an activating group) is 1. The van der Waals surface area contributed by atoms with Crippen LogP contribution in [0.1, 0.15) is 31.4 Å². The molecule has 1 aliphatic carbocycles. The molecule has 3 rings (SSSR count). The van der Waals surface area contributed by atoms with Gasteiger partial charge in [0.15, 0.2) is 0 Å². The van der Waals surface area contributed by atoms with E-state index in [2.05, 4.69) is 22.4 Å². The highest BCUT2D eigenvalue weighted by atomic mass is 16.5. The first-order chi connectivity index (χ1) is 9.28. The Balaban J connectivity index is 1.72. The summed E-state index contributed by atoms with van der Waals surface area (Å²) in [5.41, 5.74) is 0.904. The second kappa shape index (κ2) is 5.17. The van der Waals surface area contributed by atoms with Crippen molar-refractivity contribution in [3.8, 4) is 11.4 Å². The molecule has 1 unspecified atom stereocenters. The molecule has 5 heteroatoms. The molecule has 0 spiro atoms. The van der Waals surface area contributed by atoms with E-state index in [9.17, 15) is 0 Å². The molecule has 0 saturated heterocycles. The topological polar surface area (TPSA) is 64.1 Å². The summed E-state index contributed by atoms with van der Waals surface area (Å²) in [6, 6.07) is 2.33. The van der Waals surface area contributed by atoms with Gasteiger partial charge in [-0.15, -0.1) is 0 Å². The Bertz CT molecular complexity index is 542. The monoisotopic (exact) mass is 261 g/mol. The molecule has 1 aliphatic rings. The van der Waals surface area contributed by atoms with Gasteiger partial charge in [-0.3, -0.25) is 0 Å². The third kappa shape index (κ3) is 2.71. The molecule has 2 aromatic heterocycles. The van der Waals surface area contributed by atoms with Crippen LogP contribution < -0.4 is 5.32 Å². The number of hydrogen-bond donors (Lipinski definition) is 1. The zero-order valence-electron chi connectivity index (χ0n) is 11.3. The van der Waals surface area contributed by atoms with Crippen LogP contribution in [0.25, 0.3) is 11.4 Å². The zero-order chi connectivity index (χ0) is 13.2. The number of nitrogens with one attached hydrogen (secondary N) is 1. The highest BCUT2D eigenvalue weighted by Gasteiger charge is 2.32. The summed E-state index contributed by atoms with van der Waals surface area (Å²) >= 11 is 0. The molecular formula is C14H19N3O2. The van der Waals surface area contributed by atoms with Crippen LogP contribution in [-0.2, 0) is 6.42 Å². The van der Waals surface area contributed by atoms with E-state index in [1.165, 1.54) is 12.8 Å². The molecule has 0 bridgehead atoms. The van der Waals surface area contributed by atoms with Gasteiger partial charge in [0.1, 0.15) is 5.76 Å². The summed E-state index contributed by atoms with van der Waals surface area (Å²) in [7, 11) is 0. The molecule has 0 aliphatic heterocycles. The van der Waals surface area contributed by atoms with Crippen molar-refractivity contribution in [2.45, 2.75) is 39.2 Å². The average Bonchev–Trinajstić information content (AvgIpc) is 3.00. The summed E-state index contributed by atoms with van der Waals surface area (Å²) in [6.45, 7) is 5.00. The summed E-state index contributed by atoms with van der Waals surface area (Å²) in [4.78, 5) is 4.47. The molecule has 2 heterocycles. The van der Waals surface area contributed by atoms with Crippen LogP contribution in [0.2, 0.25) is 0 Å². The summed E-state index contributed by atoms with van der Waals surface area (Å²) in [5, 5.41) is 7.54. The van der Waals surface area contributed by atoms with Crippen LogP contribution in [0, 0.1) is 12.8 Å². The minimum atomic E-state index is 0.462. The van der Waals surface area contributed by atoms with E-state index in [1.807, 2.05) is 13.0 Å². The number of rotatable bonds is 6. The lowest BCUT2D eigenvalue weighted by Gasteiger charge is -2.14. The molecule has 5 nitrogen and oxygen atoms in total. The second-order valence-electron chi connectivity index (χ2n) is 5.11. The number of aromatic nitrogens is 2. The van der Waals surface area contributed by atoms with E-state index in [4.69, 9.17) is 8.94 Å². The van der Waals surface area contributed by atoms with Gasteiger partial charge in [0, 0.05) is 12.5 Å². The molecule has 0 aromatic carbocycles. The molecule has 0 radical (unpaired) electrons. The van der Waals surface area contributed by atoms with Crippen molar-refractivity contribution in [2.24, 2.45) is 5.92 Å². The van der Waals surface area contributed by atoms with Crippen molar-refractivity contribution >= 4 is 0 Å². The molecule has 1 N–H and O–H groups in total. The molecule has 1 atom stereocenters. The van der Waals surface area contributed by atoms with Gasteiger partial charge < -0.3 is 14.3 Å². The first-order valence-corrected chi connectivity index (χ1v) is 6.88. The van der Waals surface area contributed by atoms with Gasteiger partial charge in [-0.25, -0.2) is 0 Å².